The first-order valence-corrected chi connectivity index (χ1v) is 7.21. The van der Waals surface area contributed by atoms with Crippen molar-refractivity contribution in [2.24, 2.45) is 0 Å². The van der Waals surface area contributed by atoms with E-state index in [9.17, 15) is 13.2 Å². The fraction of sp³-hybridized carbons (Fsp3) is 0.0625. The van der Waals surface area contributed by atoms with E-state index in [1.54, 1.807) is 6.07 Å². The lowest BCUT2D eigenvalue weighted by Gasteiger charge is -2.12. The second-order valence-corrected chi connectivity index (χ2v) is 5.64. The number of hydrogen-bond acceptors (Lipinski definition) is 2. The summed E-state index contributed by atoms with van der Waals surface area (Å²) in [5.74, 6) is 0. The molecule has 22 heavy (non-hydrogen) atoms. The van der Waals surface area contributed by atoms with E-state index in [-0.39, 0.29) is 0 Å². The third-order valence-electron chi connectivity index (χ3n) is 3.17. The number of nitrogens with zero attached hydrogens (tertiary/aromatic N) is 1. The van der Waals surface area contributed by atoms with E-state index in [0.717, 1.165) is 22.3 Å². The molecule has 0 atom stereocenters. The molecule has 1 heterocycles. The first kappa shape index (κ1) is 14.8. The fourth-order valence-electron chi connectivity index (χ4n) is 2.16. The maximum Gasteiger partial charge on any atom is 0.416 e. The molecule has 0 bridgehead atoms. The number of pyridine rings is 1. The number of nitrogens with one attached hydrogen (secondary N) is 1. The van der Waals surface area contributed by atoms with Crippen LogP contribution in [0.2, 0.25) is 0 Å². The van der Waals surface area contributed by atoms with Crippen LogP contribution in [-0.2, 0) is 6.18 Å². The van der Waals surface area contributed by atoms with Crippen LogP contribution in [0.25, 0.3) is 10.9 Å². The number of anilines is 2. The van der Waals surface area contributed by atoms with Gasteiger partial charge in [-0.25, -0.2) is 0 Å². The Hall–Kier alpha value is -2.08. The van der Waals surface area contributed by atoms with Crippen molar-refractivity contribution in [2.45, 2.75) is 6.18 Å². The number of hydrogen-bond donors (Lipinski definition) is 1. The first-order valence-electron chi connectivity index (χ1n) is 6.42. The van der Waals surface area contributed by atoms with Gasteiger partial charge in [0.05, 0.1) is 11.1 Å². The van der Waals surface area contributed by atoms with Gasteiger partial charge in [-0.1, -0.05) is 28.1 Å². The maximum absolute atomic E-state index is 12.8. The lowest BCUT2D eigenvalue weighted by atomic mass is 10.1. The molecule has 112 valence electrons. The molecular formula is C16H10BrF3N2. The molecule has 0 saturated carbocycles. The summed E-state index contributed by atoms with van der Waals surface area (Å²) in [6.45, 7) is 0. The zero-order valence-electron chi connectivity index (χ0n) is 11.2. The highest BCUT2D eigenvalue weighted by atomic mass is 79.9. The SMILES string of the molecule is FC(F)(F)c1ccc2c(Nc3cccc(Br)c3)ccnc2c1. The van der Waals surface area contributed by atoms with Crippen molar-refractivity contribution in [1.82, 2.24) is 4.98 Å². The molecule has 2 nitrogen and oxygen atoms in total. The van der Waals surface area contributed by atoms with Gasteiger partial charge in [0.15, 0.2) is 0 Å². The van der Waals surface area contributed by atoms with Crippen LogP contribution in [-0.4, -0.2) is 4.98 Å². The van der Waals surface area contributed by atoms with Gasteiger partial charge >= 0.3 is 6.18 Å². The van der Waals surface area contributed by atoms with Gasteiger partial charge in [0.1, 0.15) is 0 Å². The summed E-state index contributed by atoms with van der Waals surface area (Å²) in [5.41, 5.74) is 1.14. The third kappa shape index (κ3) is 3.06. The minimum atomic E-state index is -4.37. The van der Waals surface area contributed by atoms with Crippen LogP contribution >= 0.6 is 15.9 Å². The van der Waals surface area contributed by atoms with Gasteiger partial charge in [0.2, 0.25) is 0 Å². The molecule has 0 aliphatic heterocycles. The standard InChI is InChI=1S/C16H10BrF3N2/c17-11-2-1-3-12(9-11)22-14-6-7-21-15-8-10(16(18,19)20)4-5-13(14)15/h1-9H,(H,21,22). The van der Waals surface area contributed by atoms with Gasteiger partial charge in [-0.15, -0.1) is 0 Å². The van der Waals surface area contributed by atoms with Crippen LogP contribution in [0, 0.1) is 0 Å². The predicted octanol–water partition coefficient (Wildman–Crippen LogP) is 5.76. The molecule has 0 amide bonds. The summed E-state index contributed by atoms with van der Waals surface area (Å²) in [6.07, 6.45) is -2.88. The Morgan fingerprint density at radius 3 is 2.55 bits per heavy atom. The van der Waals surface area contributed by atoms with Crippen molar-refractivity contribution in [3.63, 3.8) is 0 Å². The Kier molecular flexibility index (Phi) is 3.78. The molecule has 1 N–H and O–H groups in total. The van der Waals surface area contributed by atoms with Crippen LogP contribution in [0.5, 0.6) is 0 Å². The summed E-state index contributed by atoms with van der Waals surface area (Å²) in [4.78, 5) is 4.03. The second kappa shape index (κ2) is 5.61. The topological polar surface area (TPSA) is 24.9 Å². The fourth-order valence-corrected chi connectivity index (χ4v) is 2.55. The lowest BCUT2D eigenvalue weighted by molar-refractivity contribution is -0.137. The Bertz CT molecular complexity index is 831. The zero-order chi connectivity index (χ0) is 15.7. The number of benzene rings is 2. The highest BCUT2D eigenvalue weighted by Gasteiger charge is 2.30. The van der Waals surface area contributed by atoms with Crippen molar-refractivity contribution in [1.29, 1.82) is 0 Å². The second-order valence-electron chi connectivity index (χ2n) is 4.72. The van der Waals surface area contributed by atoms with Crippen molar-refractivity contribution in [2.75, 3.05) is 5.32 Å². The molecule has 3 aromatic rings. The van der Waals surface area contributed by atoms with E-state index in [4.69, 9.17) is 0 Å². The number of aromatic nitrogens is 1. The molecule has 3 rings (SSSR count). The minimum absolute atomic E-state index is 0.301. The normalized spacial score (nSPS) is 11.6. The van der Waals surface area contributed by atoms with Gasteiger partial charge in [-0.05, 0) is 36.4 Å². The minimum Gasteiger partial charge on any atom is -0.355 e. The third-order valence-corrected chi connectivity index (χ3v) is 3.67. The van der Waals surface area contributed by atoms with Crippen LogP contribution in [0.4, 0.5) is 24.5 Å². The van der Waals surface area contributed by atoms with Gasteiger partial charge in [0, 0.05) is 27.4 Å². The predicted molar refractivity (Wildman–Crippen MR) is 84.2 cm³/mol. The Morgan fingerprint density at radius 1 is 1.00 bits per heavy atom. The molecular weight excluding hydrogens is 357 g/mol. The van der Waals surface area contributed by atoms with Crippen molar-refractivity contribution in [3.8, 4) is 0 Å². The molecule has 6 heteroatoms. The van der Waals surface area contributed by atoms with E-state index in [2.05, 4.69) is 26.2 Å². The van der Waals surface area contributed by atoms with Crippen LogP contribution in [0.15, 0.2) is 59.2 Å². The Balaban J connectivity index is 2.04. The number of fused-ring (bicyclic) bond motifs is 1. The molecule has 0 aliphatic rings. The van der Waals surface area contributed by atoms with Crippen LogP contribution in [0.1, 0.15) is 5.56 Å². The van der Waals surface area contributed by atoms with Crippen molar-refractivity contribution < 1.29 is 13.2 Å². The average molecular weight is 367 g/mol. The summed E-state index contributed by atoms with van der Waals surface area (Å²) in [5, 5.41) is 3.83. The molecule has 0 saturated heterocycles. The Labute approximate surface area is 133 Å². The van der Waals surface area contributed by atoms with Crippen LogP contribution in [0.3, 0.4) is 0 Å². The van der Waals surface area contributed by atoms with E-state index in [1.165, 1.54) is 12.3 Å². The smallest absolute Gasteiger partial charge is 0.355 e. The average Bonchev–Trinajstić information content (AvgIpc) is 2.46. The van der Waals surface area contributed by atoms with Crippen LogP contribution < -0.4 is 5.32 Å². The molecule has 0 unspecified atom stereocenters. The molecule has 0 fully saturated rings. The maximum atomic E-state index is 12.8. The van der Waals surface area contributed by atoms with E-state index < -0.39 is 11.7 Å². The van der Waals surface area contributed by atoms with Gasteiger partial charge < -0.3 is 5.32 Å². The highest BCUT2D eigenvalue weighted by Crippen LogP contribution is 2.33. The number of alkyl halides is 3. The highest BCUT2D eigenvalue weighted by molar-refractivity contribution is 9.10. The van der Waals surface area contributed by atoms with Gasteiger partial charge in [0.25, 0.3) is 0 Å². The first-order chi connectivity index (χ1) is 10.4. The van der Waals surface area contributed by atoms with E-state index >= 15 is 0 Å². The number of halogens is 4. The van der Waals surface area contributed by atoms with Crippen molar-refractivity contribution >= 4 is 38.2 Å². The summed E-state index contributed by atoms with van der Waals surface area (Å²) >= 11 is 3.38. The zero-order valence-corrected chi connectivity index (χ0v) is 12.7. The quantitative estimate of drug-likeness (QED) is 0.623. The molecule has 1 aromatic heterocycles. The summed E-state index contributed by atoms with van der Waals surface area (Å²) in [6, 6.07) is 12.8. The largest absolute Gasteiger partial charge is 0.416 e. The Morgan fingerprint density at radius 2 is 1.82 bits per heavy atom. The monoisotopic (exact) mass is 366 g/mol. The van der Waals surface area contributed by atoms with E-state index in [0.29, 0.717) is 16.6 Å². The van der Waals surface area contributed by atoms with E-state index in [1.807, 2.05) is 24.3 Å². The molecule has 2 aromatic carbocycles. The van der Waals surface area contributed by atoms with Gasteiger partial charge in [-0.2, -0.15) is 13.2 Å². The van der Waals surface area contributed by atoms with Crippen molar-refractivity contribution in [3.05, 3.63) is 64.8 Å². The molecule has 0 radical (unpaired) electrons. The summed E-state index contributed by atoms with van der Waals surface area (Å²) in [7, 11) is 0. The number of rotatable bonds is 2. The van der Waals surface area contributed by atoms with Gasteiger partial charge in [-0.3, -0.25) is 4.98 Å². The lowest BCUT2D eigenvalue weighted by Crippen LogP contribution is -2.04. The molecule has 0 spiro atoms. The summed E-state index contributed by atoms with van der Waals surface area (Å²) < 4.78 is 39.2. The molecule has 0 aliphatic carbocycles.